The van der Waals surface area contributed by atoms with E-state index in [0.29, 0.717) is 6.61 Å². The monoisotopic (exact) mass is 416 g/mol. The molecule has 0 fully saturated rings. The molecule has 0 aliphatic carbocycles. The summed E-state index contributed by atoms with van der Waals surface area (Å²) in [4.78, 5) is 4.54. The molecule has 3 aromatic carbocycles. The molecule has 1 aliphatic rings. The Hall–Kier alpha value is -2.82. The average molecular weight is 417 g/mol. The summed E-state index contributed by atoms with van der Waals surface area (Å²) in [5.74, 6) is 0.792. The molecule has 0 saturated carbocycles. The third-order valence-electron chi connectivity index (χ3n) is 6.35. The second-order valence-corrected chi connectivity index (χ2v) is 8.06. The van der Waals surface area contributed by atoms with Gasteiger partial charge in [-0.1, -0.05) is 62.4 Å². The van der Waals surface area contributed by atoms with Gasteiger partial charge in [0, 0.05) is 36.1 Å². The quantitative estimate of drug-likeness (QED) is 0.515. The normalized spacial score (nSPS) is 17.4. The third-order valence-corrected chi connectivity index (χ3v) is 6.35. The SMILES string of the molecule is CCN(CC)CCCOc1ccc2c(c1)C(O)(c1ccccc1)c1ccccc1N2C. The van der Waals surface area contributed by atoms with E-state index in [9.17, 15) is 5.11 Å². The van der Waals surface area contributed by atoms with Crippen molar-refractivity contribution in [2.45, 2.75) is 25.9 Å². The summed E-state index contributed by atoms with van der Waals surface area (Å²) in [5.41, 5.74) is 3.35. The summed E-state index contributed by atoms with van der Waals surface area (Å²) >= 11 is 0. The maximum absolute atomic E-state index is 12.2. The molecule has 0 saturated heterocycles. The first-order valence-electron chi connectivity index (χ1n) is 11.2. The topological polar surface area (TPSA) is 35.9 Å². The highest BCUT2D eigenvalue weighted by molar-refractivity contribution is 5.79. The Bertz CT molecular complexity index is 1020. The molecule has 0 amide bonds. The molecule has 0 spiro atoms. The summed E-state index contributed by atoms with van der Waals surface area (Å²) in [6.07, 6.45) is 0.977. The van der Waals surface area contributed by atoms with Crippen LogP contribution in [0, 0.1) is 0 Å². The molecule has 1 atom stereocenters. The van der Waals surface area contributed by atoms with Crippen molar-refractivity contribution >= 4 is 11.4 Å². The Kier molecular flexibility index (Phi) is 6.30. The Morgan fingerprint density at radius 3 is 2.29 bits per heavy atom. The number of fused-ring (bicyclic) bond motifs is 2. The van der Waals surface area contributed by atoms with Crippen molar-refractivity contribution in [3.8, 4) is 5.75 Å². The van der Waals surface area contributed by atoms with Crippen molar-refractivity contribution in [2.24, 2.45) is 0 Å². The van der Waals surface area contributed by atoms with Crippen LogP contribution in [-0.4, -0.2) is 43.3 Å². The van der Waals surface area contributed by atoms with Gasteiger partial charge in [0.05, 0.1) is 6.61 Å². The first kappa shape index (κ1) is 21.4. The van der Waals surface area contributed by atoms with Gasteiger partial charge in [-0.25, -0.2) is 0 Å². The Morgan fingerprint density at radius 2 is 1.55 bits per heavy atom. The lowest BCUT2D eigenvalue weighted by Gasteiger charge is -2.41. The van der Waals surface area contributed by atoms with Crippen LogP contribution in [0.1, 0.15) is 37.0 Å². The summed E-state index contributed by atoms with van der Waals surface area (Å²) in [6, 6.07) is 24.0. The lowest BCUT2D eigenvalue weighted by Crippen LogP contribution is -2.36. The molecular weight excluding hydrogens is 384 g/mol. The van der Waals surface area contributed by atoms with Crippen LogP contribution in [0.2, 0.25) is 0 Å². The zero-order valence-corrected chi connectivity index (χ0v) is 18.7. The van der Waals surface area contributed by atoms with Crippen molar-refractivity contribution in [1.29, 1.82) is 0 Å². The number of aliphatic hydroxyl groups is 1. The van der Waals surface area contributed by atoms with Gasteiger partial charge < -0.3 is 19.6 Å². The highest BCUT2D eigenvalue weighted by Gasteiger charge is 2.42. The fraction of sp³-hybridized carbons (Fsp3) is 0.333. The van der Waals surface area contributed by atoms with E-state index in [2.05, 4.69) is 35.8 Å². The highest BCUT2D eigenvalue weighted by atomic mass is 16.5. The van der Waals surface area contributed by atoms with Crippen molar-refractivity contribution in [3.05, 3.63) is 89.5 Å². The number of para-hydroxylation sites is 1. The zero-order valence-electron chi connectivity index (χ0n) is 18.7. The van der Waals surface area contributed by atoms with Crippen LogP contribution in [0.5, 0.6) is 5.75 Å². The molecule has 1 N–H and O–H groups in total. The smallest absolute Gasteiger partial charge is 0.144 e. The van der Waals surface area contributed by atoms with Crippen LogP contribution in [0.25, 0.3) is 0 Å². The van der Waals surface area contributed by atoms with Gasteiger partial charge in [-0.15, -0.1) is 0 Å². The molecule has 4 nitrogen and oxygen atoms in total. The highest BCUT2D eigenvalue weighted by Crippen LogP contribution is 2.51. The van der Waals surface area contributed by atoms with E-state index < -0.39 is 5.60 Å². The molecule has 4 rings (SSSR count). The number of ether oxygens (including phenoxy) is 1. The number of anilines is 2. The molecule has 1 aliphatic heterocycles. The standard InChI is InChI=1S/C27H32N2O2/c1-4-29(5-2)18-11-19-31-22-16-17-26-24(20-22)27(30,21-12-7-6-8-13-21)23-14-9-10-15-25(23)28(26)3/h6-10,12-17,20,30H,4-5,11,18-19H2,1-3H3. The minimum absolute atomic E-state index is 0.658. The van der Waals surface area contributed by atoms with Crippen LogP contribution in [0.3, 0.4) is 0 Å². The molecule has 3 aromatic rings. The summed E-state index contributed by atoms with van der Waals surface area (Å²) in [6.45, 7) is 8.18. The van der Waals surface area contributed by atoms with Gasteiger partial charge in [0.25, 0.3) is 0 Å². The maximum atomic E-state index is 12.2. The van der Waals surface area contributed by atoms with E-state index in [1.54, 1.807) is 0 Å². The Labute approximate surface area is 185 Å². The molecular formula is C27H32N2O2. The number of hydrogen-bond acceptors (Lipinski definition) is 4. The first-order valence-corrected chi connectivity index (χ1v) is 11.2. The van der Waals surface area contributed by atoms with E-state index in [1.165, 1.54) is 0 Å². The van der Waals surface area contributed by atoms with Crippen molar-refractivity contribution in [3.63, 3.8) is 0 Å². The van der Waals surface area contributed by atoms with E-state index in [1.807, 2.05) is 67.7 Å². The molecule has 0 radical (unpaired) electrons. The summed E-state index contributed by atoms with van der Waals surface area (Å²) < 4.78 is 6.11. The number of nitrogens with zero attached hydrogens (tertiary/aromatic N) is 2. The predicted molar refractivity (Wildman–Crippen MR) is 127 cm³/mol. The first-order chi connectivity index (χ1) is 15.1. The van der Waals surface area contributed by atoms with Crippen LogP contribution in [0.15, 0.2) is 72.8 Å². The summed E-state index contributed by atoms with van der Waals surface area (Å²) in [7, 11) is 2.05. The van der Waals surface area contributed by atoms with Gasteiger partial charge in [0.15, 0.2) is 0 Å². The third kappa shape index (κ3) is 3.93. The minimum Gasteiger partial charge on any atom is -0.494 e. The maximum Gasteiger partial charge on any atom is 0.144 e. The van der Waals surface area contributed by atoms with E-state index in [4.69, 9.17) is 4.74 Å². The minimum atomic E-state index is -1.24. The summed E-state index contributed by atoms with van der Waals surface area (Å²) in [5, 5.41) is 12.2. The predicted octanol–water partition coefficient (Wildman–Crippen LogP) is 5.16. The van der Waals surface area contributed by atoms with Gasteiger partial charge in [0.2, 0.25) is 0 Å². The van der Waals surface area contributed by atoms with Crippen molar-refractivity contribution in [2.75, 3.05) is 38.2 Å². The second-order valence-electron chi connectivity index (χ2n) is 8.06. The van der Waals surface area contributed by atoms with E-state index in [0.717, 1.165) is 59.9 Å². The zero-order chi connectivity index (χ0) is 21.8. The molecule has 0 aromatic heterocycles. The van der Waals surface area contributed by atoms with Crippen molar-refractivity contribution in [1.82, 2.24) is 4.90 Å². The second kappa shape index (κ2) is 9.13. The van der Waals surface area contributed by atoms with Gasteiger partial charge in [0.1, 0.15) is 11.4 Å². The van der Waals surface area contributed by atoms with Crippen LogP contribution in [0.4, 0.5) is 11.4 Å². The molecule has 1 unspecified atom stereocenters. The number of rotatable bonds is 8. The number of benzene rings is 3. The Morgan fingerprint density at radius 1 is 0.871 bits per heavy atom. The van der Waals surface area contributed by atoms with Gasteiger partial charge in [-0.3, -0.25) is 0 Å². The molecule has 1 heterocycles. The van der Waals surface area contributed by atoms with Crippen LogP contribution >= 0.6 is 0 Å². The van der Waals surface area contributed by atoms with Gasteiger partial charge >= 0.3 is 0 Å². The fourth-order valence-corrected chi connectivity index (χ4v) is 4.54. The Balaban J connectivity index is 1.69. The lowest BCUT2D eigenvalue weighted by molar-refractivity contribution is 0.124. The molecule has 0 bridgehead atoms. The largest absolute Gasteiger partial charge is 0.494 e. The fourth-order valence-electron chi connectivity index (χ4n) is 4.54. The molecule has 162 valence electrons. The van der Waals surface area contributed by atoms with Crippen LogP contribution < -0.4 is 9.64 Å². The van der Waals surface area contributed by atoms with E-state index >= 15 is 0 Å². The van der Waals surface area contributed by atoms with Crippen LogP contribution in [-0.2, 0) is 5.60 Å². The number of hydrogen-bond donors (Lipinski definition) is 1. The van der Waals surface area contributed by atoms with Gasteiger partial charge in [-0.2, -0.15) is 0 Å². The molecule has 31 heavy (non-hydrogen) atoms. The molecule has 4 heteroatoms. The average Bonchev–Trinajstić information content (AvgIpc) is 2.83. The van der Waals surface area contributed by atoms with Crippen molar-refractivity contribution < 1.29 is 9.84 Å². The van der Waals surface area contributed by atoms with Gasteiger partial charge in [-0.05, 0) is 49.3 Å². The lowest BCUT2D eigenvalue weighted by atomic mass is 9.76. The van der Waals surface area contributed by atoms with E-state index in [-0.39, 0.29) is 0 Å².